The monoisotopic (exact) mass is 350 g/mol. The first kappa shape index (κ1) is 16.7. The highest BCUT2D eigenvalue weighted by atomic mass is 32.2. The molecule has 3 aromatic rings. The maximum absolute atomic E-state index is 12.1. The molecule has 0 aliphatic heterocycles. The van der Waals surface area contributed by atoms with Crippen LogP contribution in [0.15, 0.2) is 88.7 Å². The zero-order valence-electron chi connectivity index (χ0n) is 13.1. The summed E-state index contributed by atoms with van der Waals surface area (Å²) >= 11 is 1.50. The summed E-state index contributed by atoms with van der Waals surface area (Å²) in [6.07, 6.45) is 0. The molecule has 1 N–H and O–H groups in total. The molecule has 0 spiro atoms. The van der Waals surface area contributed by atoms with Crippen LogP contribution in [-0.4, -0.2) is 10.8 Å². The third kappa shape index (κ3) is 4.45. The lowest BCUT2D eigenvalue weighted by Crippen LogP contribution is -2.11. The highest BCUT2D eigenvalue weighted by Gasteiger charge is 2.07. The number of amides is 1. The molecule has 0 unspecified atom stereocenters. The van der Waals surface area contributed by atoms with E-state index in [4.69, 9.17) is 0 Å². The number of hydrogen-bond donors (Lipinski definition) is 1. The molecule has 0 saturated carbocycles. The second kappa shape index (κ2) is 7.63. The molecule has 3 rings (SSSR count). The topological polar surface area (TPSA) is 72.2 Å². The Morgan fingerprint density at radius 1 is 0.840 bits per heavy atom. The van der Waals surface area contributed by atoms with Crippen molar-refractivity contribution in [1.29, 1.82) is 0 Å². The van der Waals surface area contributed by atoms with Crippen LogP contribution < -0.4 is 5.32 Å². The van der Waals surface area contributed by atoms with Crippen LogP contribution in [0.25, 0.3) is 0 Å². The number of nitrogens with zero attached hydrogens (tertiary/aromatic N) is 1. The summed E-state index contributed by atoms with van der Waals surface area (Å²) in [5.41, 5.74) is 1.39. The van der Waals surface area contributed by atoms with Gasteiger partial charge >= 0.3 is 0 Å². The quantitative estimate of drug-likeness (QED) is 0.519. The van der Waals surface area contributed by atoms with Crippen LogP contribution in [0.1, 0.15) is 10.4 Å². The minimum Gasteiger partial charge on any atom is -0.322 e. The van der Waals surface area contributed by atoms with Crippen LogP contribution in [0.3, 0.4) is 0 Å². The lowest BCUT2D eigenvalue weighted by Gasteiger charge is -2.07. The minimum absolute atomic E-state index is 0.0725. The summed E-state index contributed by atoms with van der Waals surface area (Å²) in [4.78, 5) is 24.2. The standard InChI is InChI=1S/C19H14N2O3S/c22-19(14-4-2-1-3-5-14)20-15-6-10-17(11-7-15)25-18-12-8-16(9-13-18)21(23)24/h1-13H,(H,20,22). The third-order valence-corrected chi connectivity index (χ3v) is 4.45. The molecule has 124 valence electrons. The van der Waals surface area contributed by atoms with Crippen molar-refractivity contribution >= 4 is 29.0 Å². The van der Waals surface area contributed by atoms with Gasteiger partial charge in [0.05, 0.1) is 4.92 Å². The van der Waals surface area contributed by atoms with Gasteiger partial charge in [-0.1, -0.05) is 30.0 Å². The molecule has 0 saturated heterocycles. The highest BCUT2D eigenvalue weighted by molar-refractivity contribution is 7.99. The molecule has 0 heterocycles. The van der Waals surface area contributed by atoms with Crippen LogP contribution in [0, 0.1) is 10.1 Å². The molecular weight excluding hydrogens is 336 g/mol. The Morgan fingerprint density at radius 2 is 1.40 bits per heavy atom. The average molecular weight is 350 g/mol. The molecule has 25 heavy (non-hydrogen) atoms. The number of nitrogens with one attached hydrogen (secondary N) is 1. The number of rotatable bonds is 5. The molecule has 1 amide bonds. The number of nitro groups is 1. The molecular formula is C19H14N2O3S. The van der Waals surface area contributed by atoms with E-state index in [-0.39, 0.29) is 11.6 Å². The summed E-state index contributed by atoms with van der Waals surface area (Å²) < 4.78 is 0. The van der Waals surface area contributed by atoms with Gasteiger partial charge in [0.25, 0.3) is 11.6 Å². The first-order valence-corrected chi connectivity index (χ1v) is 8.32. The van der Waals surface area contributed by atoms with E-state index >= 15 is 0 Å². The zero-order valence-corrected chi connectivity index (χ0v) is 13.9. The van der Waals surface area contributed by atoms with Gasteiger partial charge in [0, 0.05) is 33.2 Å². The average Bonchev–Trinajstić information content (AvgIpc) is 2.64. The Labute approximate surface area is 148 Å². The van der Waals surface area contributed by atoms with Crippen LogP contribution >= 0.6 is 11.8 Å². The molecule has 0 aliphatic carbocycles. The van der Waals surface area contributed by atoms with Crippen molar-refractivity contribution in [1.82, 2.24) is 0 Å². The van der Waals surface area contributed by atoms with Gasteiger partial charge in [0.2, 0.25) is 0 Å². The van der Waals surface area contributed by atoms with Gasteiger partial charge in [0.15, 0.2) is 0 Å². The highest BCUT2D eigenvalue weighted by Crippen LogP contribution is 2.29. The van der Waals surface area contributed by atoms with E-state index < -0.39 is 4.92 Å². The Hall–Kier alpha value is -3.12. The van der Waals surface area contributed by atoms with Gasteiger partial charge in [0.1, 0.15) is 0 Å². The van der Waals surface area contributed by atoms with Crippen molar-refractivity contribution in [2.45, 2.75) is 9.79 Å². The summed E-state index contributed by atoms with van der Waals surface area (Å²) in [7, 11) is 0. The van der Waals surface area contributed by atoms with Crippen LogP contribution in [0.4, 0.5) is 11.4 Å². The Bertz CT molecular complexity index is 879. The Kier molecular flexibility index (Phi) is 5.11. The van der Waals surface area contributed by atoms with E-state index in [1.54, 1.807) is 24.3 Å². The minimum atomic E-state index is -0.418. The summed E-state index contributed by atoms with van der Waals surface area (Å²) in [6, 6.07) is 22.9. The van der Waals surface area contributed by atoms with Crippen molar-refractivity contribution in [3.63, 3.8) is 0 Å². The van der Waals surface area contributed by atoms with Gasteiger partial charge in [-0.05, 0) is 48.5 Å². The smallest absolute Gasteiger partial charge is 0.269 e. The van der Waals surface area contributed by atoms with Gasteiger partial charge in [-0.3, -0.25) is 14.9 Å². The fourth-order valence-corrected chi connectivity index (χ4v) is 2.99. The number of carbonyl (C=O) groups is 1. The predicted octanol–water partition coefficient (Wildman–Crippen LogP) is 5.00. The largest absolute Gasteiger partial charge is 0.322 e. The molecule has 5 nitrogen and oxygen atoms in total. The number of carbonyl (C=O) groups excluding carboxylic acids is 1. The maximum atomic E-state index is 12.1. The number of hydrogen-bond acceptors (Lipinski definition) is 4. The van der Waals surface area contributed by atoms with Gasteiger partial charge in [-0.2, -0.15) is 0 Å². The van der Waals surface area contributed by atoms with E-state index in [2.05, 4.69) is 5.32 Å². The van der Waals surface area contributed by atoms with Crippen LogP contribution in [0.5, 0.6) is 0 Å². The molecule has 0 bridgehead atoms. The maximum Gasteiger partial charge on any atom is 0.269 e. The summed E-state index contributed by atoms with van der Waals surface area (Å²) in [5, 5.41) is 13.5. The normalized spacial score (nSPS) is 10.2. The molecule has 0 fully saturated rings. The second-order valence-electron chi connectivity index (χ2n) is 5.20. The van der Waals surface area contributed by atoms with Crippen molar-refractivity contribution in [2.75, 3.05) is 5.32 Å². The summed E-state index contributed by atoms with van der Waals surface area (Å²) in [5.74, 6) is -0.156. The SMILES string of the molecule is O=C(Nc1ccc(Sc2ccc([N+](=O)[O-])cc2)cc1)c1ccccc1. The van der Waals surface area contributed by atoms with E-state index in [0.29, 0.717) is 11.3 Å². The van der Waals surface area contributed by atoms with E-state index in [0.717, 1.165) is 9.79 Å². The van der Waals surface area contributed by atoms with Crippen molar-refractivity contribution < 1.29 is 9.72 Å². The van der Waals surface area contributed by atoms with Gasteiger partial charge < -0.3 is 5.32 Å². The number of nitro benzene ring substituents is 1. The molecule has 0 radical (unpaired) electrons. The number of anilines is 1. The lowest BCUT2D eigenvalue weighted by molar-refractivity contribution is -0.384. The molecule has 0 aromatic heterocycles. The Balaban J connectivity index is 1.64. The van der Waals surface area contributed by atoms with E-state index in [1.807, 2.05) is 42.5 Å². The molecule has 0 atom stereocenters. The Morgan fingerprint density at radius 3 is 1.96 bits per heavy atom. The van der Waals surface area contributed by atoms with Crippen LogP contribution in [0.2, 0.25) is 0 Å². The first-order chi connectivity index (χ1) is 12.1. The van der Waals surface area contributed by atoms with Gasteiger partial charge in [-0.25, -0.2) is 0 Å². The lowest BCUT2D eigenvalue weighted by atomic mass is 10.2. The van der Waals surface area contributed by atoms with Crippen molar-refractivity contribution in [3.8, 4) is 0 Å². The fourth-order valence-electron chi connectivity index (χ4n) is 2.17. The van der Waals surface area contributed by atoms with Crippen LogP contribution in [-0.2, 0) is 0 Å². The molecule has 3 aromatic carbocycles. The third-order valence-electron chi connectivity index (χ3n) is 3.43. The first-order valence-electron chi connectivity index (χ1n) is 7.50. The fraction of sp³-hybridized carbons (Fsp3) is 0. The van der Waals surface area contributed by atoms with E-state index in [9.17, 15) is 14.9 Å². The number of benzene rings is 3. The zero-order chi connectivity index (χ0) is 17.6. The molecule has 6 heteroatoms. The molecule has 0 aliphatic rings. The van der Waals surface area contributed by atoms with Gasteiger partial charge in [-0.15, -0.1) is 0 Å². The van der Waals surface area contributed by atoms with Crippen molar-refractivity contribution in [3.05, 3.63) is 94.5 Å². The summed E-state index contributed by atoms with van der Waals surface area (Å²) in [6.45, 7) is 0. The van der Waals surface area contributed by atoms with Crippen molar-refractivity contribution in [2.24, 2.45) is 0 Å². The second-order valence-corrected chi connectivity index (χ2v) is 6.34. The predicted molar refractivity (Wildman–Crippen MR) is 98.1 cm³/mol. The van der Waals surface area contributed by atoms with E-state index in [1.165, 1.54) is 23.9 Å². The number of non-ortho nitro benzene ring substituents is 1.